The monoisotopic (exact) mass is 620 g/mol. The van der Waals surface area contributed by atoms with Crippen LogP contribution in [0.15, 0.2) is 11.1 Å². The first-order chi connectivity index (χ1) is 16.8. The fourth-order valence-corrected chi connectivity index (χ4v) is 4.62. The SMILES string of the molecule is CC1(C)C(C=C(Cl)C(F)(F)F)C1C(=O)O.COC(=O)C1C(CC(Cl)(Cl)C(F)(F)F)C1(C)C.O=C(O)C1CC1. The van der Waals surface area contributed by atoms with Crippen LogP contribution >= 0.6 is 34.8 Å². The molecule has 0 amide bonds. The van der Waals surface area contributed by atoms with Gasteiger partial charge in [-0.05, 0) is 41.9 Å². The minimum absolute atomic E-state index is 0.0185. The van der Waals surface area contributed by atoms with Gasteiger partial charge in [-0.2, -0.15) is 26.3 Å². The summed E-state index contributed by atoms with van der Waals surface area (Å²) in [5, 5.41) is 15.5. The number of allylic oxidation sites excluding steroid dienone is 2. The van der Waals surface area contributed by atoms with Gasteiger partial charge in [-0.1, -0.05) is 68.6 Å². The van der Waals surface area contributed by atoms with Gasteiger partial charge < -0.3 is 14.9 Å². The van der Waals surface area contributed by atoms with Gasteiger partial charge in [0.1, 0.15) is 5.03 Å². The zero-order valence-electron chi connectivity index (χ0n) is 21.0. The number of esters is 1. The molecule has 6 nitrogen and oxygen atoms in total. The van der Waals surface area contributed by atoms with Crippen molar-refractivity contribution in [1.29, 1.82) is 0 Å². The van der Waals surface area contributed by atoms with E-state index in [0.717, 1.165) is 18.9 Å². The van der Waals surface area contributed by atoms with Crippen LogP contribution in [-0.2, 0) is 19.1 Å². The number of rotatable bonds is 6. The van der Waals surface area contributed by atoms with Crippen LogP contribution in [0.3, 0.4) is 0 Å². The van der Waals surface area contributed by atoms with Crippen LogP contribution in [-0.4, -0.2) is 51.9 Å². The van der Waals surface area contributed by atoms with Gasteiger partial charge in [-0.15, -0.1) is 0 Å². The zero-order valence-corrected chi connectivity index (χ0v) is 23.3. The molecular weight excluding hydrogens is 593 g/mol. The number of alkyl halides is 8. The van der Waals surface area contributed by atoms with Gasteiger partial charge in [0.15, 0.2) is 0 Å². The van der Waals surface area contributed by atoms with E-state index >= 15 is 0 Å². The fourth-order valence-electron chi connectivity index (χ4n) is 4.15. The average molecular weight is 622 g/mol. The van der Waals surface area contributed by atoms with E-state index in [-0.39, 0.29) is 5.92 Å². The summed E-state index contributed by atoms with van der Waals surface area (Å²) < 4.78 is 75.4. The second-order valence-corrected chi connectivity index (χ2v) is 12.5. The molecule has 0 aromatic carbocycles. The van der Waals surface area contributed by atoms with E-state index in [1.807, 2.05) is 0 Å². The molecule has 15 heteroatoms. The lowest BCUT2D eigenvalue weighted by Gasteiger charge is -2.23. The third kappa shape index (κ3) is 8.55. The molecule has 3 aliphatic rings. The number of hydrogen-bond donors (Lipinski definition) is 2. The summed E-state index contributed by atoms with van der Waals surface area (Å²) in [4.78, 5) is 31.8. The maximum absolute atomic E-state index is 12.5. The first-order valence-electron chi connectivity index (χ1n) is 11.3. The van der Waals surface area contributed by atoms with Crippen LogP contribution in [0.4, 0.5) is 26.3 Å². The number of ether oxygens (including phenoxy) is 1. The molecule has 0 aromatic rings. The van der Waals surface area contributed by atoms with Crippen molar-refractivity contribution in [2.24, 2.45) is 40.4 Å². The summed E-state index contributed by atoms with van der Waals surface area (Å²) >= 11 is 15.6. The van der Waals surface area contributed by atoms with Crippen LogP contribution in [0.25, 0.3) is 0 Å². The van der Waals surface area contributed by atoms with Gasteiger partial charge in [0.2, 0.25) is 4.33 Å². The molecule has 3 aliphatic carbocycles. The van der Waals surface area contributed by atoms with Gasteiger partial charge in [-0.3, -0.25) is 14.4 Å². The molecule has 4 atom stereocenters. The molecule has 38 heavy (non-hydrogen) atoms. The minimum Gasteiger partial charge on any atom is -0.481 e. The smallest absolute Gasteiger partial charge is 0.426 e. The summed E-state index contributed by atoms with van der Waals surface area (Å²) in [6.07, 6.45) is -7.23. The third-order valence-electron chi connectivity index (χ3n) is 7.10. The molecule has 0 aromatic heterocycles. The molecular formula is C23H29Cl3F6O6. The van der Waals surface area contributed by atoms with Crippen LogP contribution in [0.1, 0.15) is 47.0 Å². The maximum atomic E-state index is 12.5. The Morgan fingerprint density at radius 1 is 0.921 bits per heavy atom. The van der Waals surface area contributed by atoms with Crippen molar-refractivity contribution in [3.05, 3.63) is 11.1 Å². The topological polar surface area (TPSA) is 101 Å². The number of methoxy groups -OCH3 is 1. The molecule has 3 fully saturated rings. The van der Waals surface area contributed by atoms with Gasteiger partial charge in [-0.25, -0.2) is 0 Å². The number of carboxylic acids is 2. The van der Waals surface area contributed by atoms with E-state index in [0.29, 0.717) is 0 Å². The first-order valence-corrected chi connectivity index (χ1v) is 12.4. The Morgan fingerprint density at radius 3 is 1.66 bits per heavy atom. The minimum atomic E-state index is -4.71. The predicted molar refractivity (Wildman–Crippen MR) is 127 cm³/mol. The van der Waals surface area contributed by atoms with Crippen molar-refractivity contribution in [3.63, 3.8) is 0 Å². The Hall–Kier alpha value is -1.40. The van der Waals surface area contributed by atoms with Crippen molar-refractivity contribution in [3.8, 4) is 0 Å². The molecule has 220 valence electrons. The standard InChI is InChI=1S/C10H13Cl2F3O2.C9H10ClF3O2.C4H6O2/c1-8(2)5(6(8)7(16)17-3)4-9(11,12)10(13,14)15;1-8(2)4(6(8)7(14)15)3-5(10)9(11,12)13;5-4(6)3-1-2-3/h5-6H,4H2,1-3H3;3-4,6H,1-2H3,(H,14,15);3H,1-2H2,(H,5,6). The molecule has 0 bridgehead atoms. The number of carboxylic acid groups (broad SMARTS) is 2. The lowest BCUT2D eigenvalue weighted by molar-refractivity contribution is -0.147. The molecule has 0 saturated heterocycles. The largest absolute Gasteiger partial charge is 0.481 e. The Balaban J connectivity index is 0.000000313. The summed E-state index contributed by atoms with van der Waals surface area (Å²) in [6.45, 7) is 6.60. The van der Waals surface area contributed by atoms with E-state index in [2.05, 4.69) is 4.74 Å². The lowest BCUT2D eigenvalue weighted by atomic mass is 10.1. The van der Waals surface area contributed by atoms with E-state index in [1.54, 1.807) is 27.7 Å². The quantitative estimate of drug-likeness (QED) is 0.187. The third-order valence-corrected chi connectivity index (χ3v) is 8.17. The Kier molecular flexibility index (Phi) is 10.6. The van der Waals surface area contributed by atoms with E-state index < -0.39 is 80.5 Å². The van der Waals surface area contributed by atoms with Crippen LogP contribution in [0, 0.1) is 40.4 Å². The molecule has 0 spiro atoms. The zero-order chi connectivity index (χ0) is 30.2. The number of aliphatic carboxylic acids is 2. The highest BCUT2D eigenvalue weighted by Crippen LogP contribution is 2.64. The Labute approximate surface area is 230 Å². The van der Waals surface area contributed by atoms with Gasteiger partial charge in [0.25, 0.3) is 0 Å². The summed E-state index contributed by atoms with van der Waals surface area (Å²) in [5.74, 6) is -4.75. The van der Waals surface area contributed by atoms with Crippen LogP contribution < -0.4 is 0 Å². The second kappa shape index (κ2) is 11.6. The number of halogens is 9. The molecule has 0 heterocycles. The molecule has 3 saturated carbocycles. The Morgan fingerprint density at radius 2 is 1.39 bits per heavy atom. The highest BCUT2D eigenvalue weighted by atomic mass is 35.5. The Bertz CT molecular complexity index is 941. The number of hydrogen-bond acceptors (Lipinski definition) is 4. The second-order valence-electron chi connectivity index (χ2n) is 10.6. The van der Waals surface area contributed by atoms with Gasteiger partial charge >= 0.3 is 30.3 Å². The molecule has 4 unspecified atom stereocenters. The van der Waals surface area contributed by atoms with E-state index in [1.165, 1.54) is 7.11 Å². The van der Waals surface area contributed by atoms with Crippen molar-refractivity contribution >= 4 is 52.7 Å². The fraction of sp³-hybridized carbons (Fsp3) is 0.783. The number of carbonyl (C=O) groups is 3. The van der Waals surface area contributed by atoms with Crippen molar-refractivity contribution in [1.82, 2.24) is 0 Å². The van der Waals surface area contributed by atoms with Crippen molar-refractivity contribution in [2.45, 2.75) is 63.6 Å². The molecule has 0 aliphatic heterocycles. The predicted octanol–water partition coefficient (Wildman–Crippen LogP) is 7.07. The van der Waals surface area contributed by atoms with Crippen molar-refractivity contribution in [2.75, 3.05) is 7.11 Å². The highest BCUT2D eigenvalue weighted by Gasteiger charge is 2.67. The van der Waals surface area contributed by atoms with Crippen LogP contribution in [0.5, 0.6) is 0 Å². The molecule has 2 N–H and O–H groups in total. The maximum Gasteiger partial charge on any atom is 0.426 e. The molecule has 0 radical (unpaired) electrons. The van der Waals surface area contributed by atoms with E-state index in [4.69, 9.17) is 45.0 Å². The van der Waals surface area contributed by atoms with Gasteiger partial charge in [0.05, 0.1) is 24.9 Å². The van der Waals surface area contributed by atoms with E-state index in [9.17, 15) is 40.7 Å². The van der Waals surface area contributed by atoms with Crippen molar-refractivity contribution < 1.29 is 55.7 Å². The first kappa shape index (κ1) is 34.6. The summed E-state index contributed by atoms with van der Waals surface area (Å²) in [5.41, 5.74) is -1.22. The van der Waals surface area contributed by atoms with Crippen LogP contribution in [0.2, 0.25) is 0 Å². The normalized spacial score (nSPS) is 27.6. The highest BCUT2D eigenvalue weighted by molar-refractivity contribution is 6.49. The molecule has 3 rings (SSSR count). The van der Waals surface area contributed by atoms with Gasteiger partial charge in [0, 0.05) is 0 Å². The summed E-state index contributed by atoms with van der Waals surface area (Å²) in [6, 6.07) is 0. The number of carbonyl (C=O) groups excluding carboxylic acids is 1. The lowest BCUT2D eigenvalue weighted by Crippen LogP contribution is -2.35. The average Bonchev–Trinajstić information content (AvgIpc) is 3.65. The summed E-state index contributed by atoms with van der Waals surface area (Å²) in [7, 11) is 1.20.